The summed E-state index contributed by atoms with van der Waals surface area (Å²) in [5.74, 6) is 0. The van der Waals surface area contributed by atoms with Gasteiger partial charge in [0.25, 0.3) is 0 Å². The van der Waals surface area contributed by atoms with Crippen molar-refractivity contribution in [3.05, 3.63) is 18.2 Å². The van der Waals surface area contributed by atoms with Crippen LogP contribution in [0.3, 0.4) is 0 Å². The van der Waals surface area contributed by atoms with Gasteiger partial charge in [0.1, 0.15) is 11.4 Å². The van der Waals surface area contributed by atoms with Crippen LogP contribution in [-0.4, -0.2) is 60.6 Å². The highest BCUT2D eigenvalue weighted by Gasteiger charge is 2.63. The molecule has 1 aromatic rings. The molecular weight excluding hydrogens is 370 g/mol. The van der Waals surface area contributed by atoms with Crippen molar-refractivity contribution >= 4 is 17.1 Å². The lowest BCUT2D eigenvalue weighted by Crippen LogP contribution is -3.17. The summed E-state index contributed by atoms with van der Waals surface area (Å²) in [4.78, 5) is 12.7. The van der Waals surface area contributed by atoms with Gasteiger partial charge in [0.05, 0.1) is 0 Å². The summed E-state index contributed by atoms with van der Waals surface area (Å²) in [6.45, 7) is 14.3. The highest BCUT2D eigenvalue weighted by atomic mass is 35.5. The summed E-state index contributed by atoms with van der Waals surface area (Å²) in [5.41, 5.74) is 4.57. The van der Waals surface area contributed by atoms with E-state index in [1.807, 2.05) is 0 Å². The maximum absolute atomic E-state index is 2.78. The van der Waals surface area contributed by atoms with E-state index in [9.17, 15) is 0 Å². The number of benzene rings is 1. The van der Waals surface area contributed by atoms with Crippen molar-refractivity contribution in [2.75, 3.05) is 36.0 Å². The van der Waals surface area contributed by atoms with Gasteiger partial charge in [-0.1, -0.05) is 32.8 Å². The van der Waals surface area contributed by atoms with Crippen LogP contribution in [0.2, 0.25) is 0 Å². The van der Waals surface area contributed by atoms with Crippen molar-refractivity contribution in [2.45, 2.75) is 78.0 Å². The van der Waals surface area contributed by atoms with Crippen LogP contribution in [0.15, 0.2) is 18.2 Å². The number of nitrogens with one attached hydrogen (secondary N) is 1. The number of fused-ring (bicyclic) bond motifs is 6. The molecule has 0 spiro atoms. The minimum Gasteiger partial charge on any atom is -1.00 e. The Labute approximate surface area is 176 Å². The van der Waals surface area contributed by atoms with Crippen LogP contribution in [0.4, 0.5) is 17.1 Å². The zero-order valence-corrected chi connectivity index (χ0v) is 18.6. The van der Waals surface area contributed by atoms with Gasteiger partial charge in [0.15, 0.2) is 5.69 Å². The molecule has 1 N–H and O–H groups in total. The summed E-state index contributed by atoms with van der Waals surface area (Å²) >= 11 is 0. The fourth-order valence-corrected chi connectivity index (χ4v) is 6.12. The molecule has 0 radical (unpaired) electrons. The maximum Gasteiger partial charge on any atom is 0.232 e. The topological polar surface area (TPSA) is 17.4 Å². The molecule has 156 valence electrons. The third-order valence-electron chi connectivity index (χ3n) is 7.19. The number of para-hydroxylation sites is 1. The Bertz CT molecular complexity index is 658. The lowest BCUT2D eigenvalue weighted by Gasteiger charge is -2.35. The summed E-state index contributed by atoms with van der Waals surface area (Å²) in [7, 11) is 0. The molecule has 2 saturated heterocycles. The average Bonchev–Trinajstić information content (AvgIpc) is 3.36. The van der Waals surface area contributed by atoms with Gasteiger partial charge in [-0.2, -0.15) is 0 Å². The highest BCUT2D eigenvalue weighted by Crippen LogP contribution is 2.47. The lowest BCUT2D eigenvalue weighted by molar-refractivity contribution is -0.895. The molecule has 1 aromatic carbocycles. The Morgan fingerprint density at radius 3 is 1.75 bits per heavy atom. The van der Waals surface area contributed by atoms with E-state index in [-0.39, 0.29) is 12.4 Å². The average molecular weight is 406 g/mol. The number of anilines is 2. The van der Waals surface area contributed by atoms with Crippen molar-refractivity contribution in [3.63, 3.8) is 0 Å². The van der Waals surface area contributed by atoms with E-state index in [2.05, 4.69) is 65.5 Å². The molecule has 0 saturated carbocycles. The minimum atomic E-state index is 0. The predicted octanol–water partition coefficient (Wildman–Crippen LogP) is -0.577. The Kier molecular flexibility index (Phi) is 5.56. The first-order chi connectivity index (χ1) is 13.2. The molecule has 28 heavy (non-hydrogen) atoms. The molecular formula is C22H36ClN5. The molecule has 6 heteroatoms. The van der Waals surface area contributed by atoms with Gasteiger partial charge in [-0.25, -0.2) is 14.7 Å². The van der Waals surface area contributed by atoms with E-state index >= 15 is 0 Å². The van der Waals surface area contributed by atoms with Crippen LogP contribution in [0.5, 0.6) is 0 Å². The highest BCUT2D eigenvalue weighted by molar-refractivity contribution is 5.82. The Morgan fingerprint density at radius 2 is 1.32 bits per heavy atom. The van der Waals surface area contributed by atoms with Crippen LogP contribution in [0, 0.1) is 0 Å². The van der Waals surface area contributed by atoms with Crippen LogP contribution >= 0.6 is 0 Å². The van der Waals surface area contributed by atoms with Crippen LogP contribution in [-0.2, 0) is 0 Å². The predicted molar refractivity (Wildman–Crippen MR) is 111 cm³/mol. The summed E-state index contributed by atoms with van der Waals surface area (Å²) in [6, 6.07) is 8.25. The zero-order valence-electron chi connectivity index (χ0n) is 17.9. The molecule has 5 atom stereocenters. The molecule has 4 heterocycles. The molecule has 0 bridgehead atoms. The van der Waals surface area contributed by atoms with Crippen molar-refractivity contribution in [3.8, 4) is 0 Å². The lowest BCUT2D eigenvalue weighted by atomic mass is 10.2. The van der Waals surface area contributed by atoms with Gasteiger partial charge >= 0.3 is 0 Å². The van der Waals surface area contributed by atoms with Gasteiger partial charge < -0.3 is 12.4 Å². The van der Waals surface area contributed by atoms with E-state index in [0.717, 1.165) is 0 Å². The molecule has 3 unspecified atom stereocenters. The second-order valence-corrected chi connectivity index (χ2v) is 9.08. The first kappa shape index (κ1) is 20.3. The Balaban J connectivity index is 0.00000192. The van der Waals surface area contributed by atoms with Crippen molar-refractivity contribution in [2.24, 2.45) is 0 Å². The van der Waals surface area contributed by atoms with Gasteiger partial charge in [-0.05, 0) is 38.8 Å². The molecule has 0 aliphatic carbocycles. The molecule has 0 aromatic heterocycles. The summed E-state index contributed by atoms with van der Waals surface area (Å²) in [6.07, 6.45) is 6.12. The van der Waals surface area contributed by atoms with Crippen molar-refractivity contribution in [1.82, 2.24) is 9.80 Å². The second kappa shape index (κ2) is 7.67. The van der Waals surface area contributed by atoms with Crippen molar-refractivity contribution < 1.29 is 17.3 Å². The quantitative estimate of drug-likeness (QED) is 0.682. The summed E-state index contributed by atoms with van der Waals surface area (Å²) < 4.78 is 0. The molecule has 0 amide bonds. The summed E-state index contributed by atoms with van der Waals surface area (Å²) in [5, 5.41) is 0. The van der Waals surface area contributed by atoms with E-state index in [1.54, 1.807) is 10.6 Å². The number of halogens is 1. The smallest absolute Gasteiger partial charge is 0.232 e. The first-order valence-corrected chi connectivity index (χ1v) is 11.2. The van der Waals surface area contributed by atoms with Crippen LogP contribution < -0.4 is 27.1 Å². The van der Waals surface area contributed by atoms with E-state index in [0.29, 0.717) is 24.7 Å². The van der Waals surface area contributed by atoms with Gasteiger partial charge in [-0.15, -0.1) is 0 Å². The van der Waals surface area contributed by atoms with Crippen molar-refractivity contribution in [1.29, 1.82) is 0 Å². The number of nitrogens with zero attached hydrogens (tertiary/aromatic N) is 4. The molecule has 4 aliphatic heterocycles. The molecule has 5 rings (SSSR count). The number of quaternary nitrogens is 1. The van der Waals surface area contributed by atoms with E-state index < -0.39 is 0 Å². The monoisotopic (exact) mass is 405 g/mol. The largest absolute Gasteiger partial charge is 1.00 e. The minimum absolute atomic E-state index is 0. The third-order valence-corrected chi connectivity index (χ3v) is 7.19. The van der Waals surface area contributed by atoms with E-state index in [4.69, 9.17) is 0 Å². The maximum atomic E-state index is 2.78. The standard InChI is InChI=1S/C22H35N5.ClH/c1-5-7-12-23-14-16(3)25-18-10-9-11-19-20(18)27(21(23)25)22-24(13-8-6-2)15-17(4)26(19)22;/h9-11,16-17,21-22H,5-8,12-15H2,1-4H3;1H/t16-,17+,21?,22?;. The fourth-order valence-electron chi connectivity index (χ4n) is 6.12. The molecule has 2 fully saturated rings. The van der Waals surface area contributed by atoms with E-state index in [1.165, 1.54) is 63.2 Å². The fraction of sp³-hybridized carbons (Fsp3) is 0.727. The number of unbranched alkanes of at least 4 members (excludes halogenated alkanes) is 2. The van der Waals surface area contributed by atoms with Gasteiger partial charge in [0.2, 0.25) is 12.6 Å². The first-order valence-electron chi connectivity index (χ1n) is 11.2. The second-order valence-electron chi connectivity index (χ2n) is 9.08. The molecule has 5 nitrogen and oxygen atoms in total. The Hall–Kier alpha value is -1.01. The van der Waals surface area contributed by atoms with Crippen LogP contribution in [0.1, 0.15) is 53.4 Å². The number of hydrogen-bond donors (Lipinski definition) is 1. The van der Waals surface area contributed by atoms with Gasteiger partial charge in [0, 0.05) is 38.3 Å². The van der Waals surface area contributed by atoms with Crippen LogP contribution in [0.25, 0.3) is 0 Å². The number of rotatable bonds is 6. The molecule has 4 aliphatic rings. The Morgan fingerprint density at radius 1 is 0.857 bits per heavy atom. The normalized spacial score (nSPS) is 33.2. The van der Waals surface area contributed by atoms with Gasteiger partial charge in [-0.3, -0.25) is 9.80 Å². The third kappa shape index (κ3) is 2.70. The SMILES string of the molecule is CCCCN1C[C@@H](C)N2c3cccc4c3[NH+](C12)C1N(CCCC)C[C@H](C)N41.[Cl-]. The number of hydrogen-bond acceptors (Lipinski definition) is 4. The zero-order chi connectivity index (χ0) is 18.7.